The molecule has 0 saturated heterocycles. The maximum atomic E-state index is 13.6. The zero-order valence-electron chi connectivity index (χ0n) is 10.6. The summed E-state index contributed by atoms with van der Waals surface area (Å²) < 4.78 is 16.1. The molecular weight excluding hydrogens is 357 g/mol. The molecule has 0 fully saturated rings. The fraction of sp³-hybridized carbons (Fsp3) is 0.0667. The highest BCUT2D eigenvalue weighted by Crippen LogP contribution is 2.27. The first kappa shape index (κ1) is 14.1. The number of hydrogen-bond donors (Lipinski definition) is 0. The number of imidazole rings is 1. The number of aromatic nitrogens is 2. The van der Waals surface area contributed by atoms with Gasteiger partial charge in [0, 0.05) is 10.5 Å². The first-order valence-corrected chi connectivity index (χ1v) is 7.39. The average molecular weight is 365 g/mol. The fourth-order valence-electron chi connectivity index (χ4n) is 2.24. The van der Waals surface area contributed by atoms with Gasteiger partial charge in [-0.05, 0) is 30.3 Å². The van der Waals surface area contributed by atoms with Gasteiger partial charge in [0.25, 0.3) is 0 Å². The predicted molar refractivity (Wildman–Crippen MR) is 83.0 cm³/mol. The highest BCUT2D eigenvalue weighted by Gasteiger charge is 2.15. The average Bonchev–Trinajstić information content (AvgIpc) is 2.84. The minimum atomic E-state index is -0.363. The number of nitrogens with zero attached hydrogens (tertiary/aromatic N) is 3. The minimum Gasteiger partial charge on any atom is -0.294 e. The molecule has 0 N–H and O–H groups in total. The van der Waals surface area contributed by atoms with Crippen molar-refractivity contribution in [3.8, 4) is 11.8 Å². The monoisotopic (exact) mass is 363 g/mol. The molecule has 0 aliphatic carbocycles. The van der Waals surface area contributed by atoms with Crippen LogP contribution >= 0.6 is 27.5 Å². The van der Waals surface area contributed by atoms with Crippen molar-refractivity contribution in [3.05, 3.63) is 58.1 Å². The smallest absolute Gasteiger partial charge is 0.129 e. The SMILES string of the molecule is N#Cc1ccc(Br)cc1-n1c(CCl)nc2ccc(F)cc21. The number of nitriles is 1. The lowest BCUT2D eigenvalue weighted by Gasteiger charge is -2.10. The van der Waals surface area contributed by atoms with Crippen LogP contribution in [0, 0.1) is 17.1 Å². The summed E-state index contributed by atoms with van der Waals surface area (Å²) in [6.07, 6.45) is 0. The molecular formula is C15H8BrClFN3. The van der Waals surface area contributed by atoms with Gasteiger partial charge in [-0.3, -0.25) is 4.57 Å². The molecule has 21 heavy (non-hydrogen) atoms. The highest BCUT2D eigenvalue weighted by atomic mass is 79.9. The molecule has 0 radical (unpaired) electrons. The molecule has 3 aromatic rings. The van der Waals surface area contributed by atoms with E-state index in [9.17, 15) is 9.65 Å². The van der Waals surface area contributed by atoms with E-state index in [0.29, 0.717) is 28.1 Å². The van der Waals surface area contributed by atoms with Crippen molar-refractivity contribution in [1.82, 2.24) is 9.55 Å². The summed E-state index contributed by atoms with van der Waals surface area (Å²) in [5, 5.41) is 9.29. The summed E-state index contributed by atoms with van der Waals surface area (Å²) in [6.45, 7) is 0. The van der Waals surface area contributed by atoms with Gasteiger partial charge < -0.3 is 0 Å². The first-order chi connectivity index (χ1) is 10.1. The second kappa shape index (κ2) is 5.47. The van der Waals surface area contributed by atoms with E-state index in [1.807, 2.05) is 0 Å². The van der Waals surface area contributed by atoms with Crippen molar-refractivity contribution in [2.24, 2.45) is 0 Å². The Hall–Kier alpha value is -1.90. The van der Waals surface area contributed by atoms with E-state index in [1.54, 1.807) is 28.8 Å². The molecule has 0 unspecified atom stereocenters. The number of hydrogen-bond acceptors (Lipinski definition) is 2. The third kappa shape index (κ3) is 2.41. The van der Waals surface area contributed by atoms with Crippen molar-refractivity contribution >= 4 is 38.6 Å². The quantitative estimate of drug-likeness (QED) is 0.627. The number of fused-ring (bicyclic) bond motifs is 1. The number of halogens is 3. The number of rotatable bonds is 2. The van der Waals surface area contributed by atoms with Crippen molar-refractivity contribution in [1.29, 1.82) is 5.26 Å². The van der Waals surface area contributed by atoms with Gasteiger partial charge in [-0.15, -0.1) is 11.6 Å². The van der Waals surface area contributed by atoms with Gasteiger partial charge in [0.2, 0.25) is 0 Å². The molecule has 3 rings (SSSR count). The topological polar surface area (TPSA) is 41.6 Å². The van der Waals surface area contributed by atoms with Crippen LogP contribution in [0.4, 0.5) is 4.39 Å². The van der Waals surface area contributed by atoms with Crippen LogP contribution in [-0.2, 0) is 5.88 Å². The normalized spacial score (nSPS) is 10.8. The summed E-state index contributed by atoms with van der Waals surface area (Å²) in [6, 6.07) is 11.7. The molecule has 0 atom stereocenters. The Morgan fingerprint density at radius 1 is 1.29 bits per heavy atom. The van der Waals surface area contributed by atoms with Crippen LogP contribution in [0.25, 0.3) is 16.7 Å². The molecule has 0 saturated carbocycles. The van der Waals surface area contributed by atoms with E-state index in [0.717, 1.165) is 4.47 Å². The standard InChI is InChI=1S/C15H8BrClFN3/c16-10-2-1-9(8-19)13(5-10)21-14-6-11(18)3-4-12(14)20-15(21)7-17/h1-6H,7H2. The van der Waals surface area contributed by atoms with Crippen molar-refractivity contribution in [2.45, 2.75) is 5.88 Å². The van der Waals surface area contributed by atoms with Crippen LogP contribution in [0.15, 0.2) is 40.9 Å². The van der Waals surface area contributed by atoms with E-state index in [-0.39, 0.29) is 11.7 Å². The predicted octanol–water partition coefficient (Wildman–Crippen LogP) is 4.54. The molecule has 1 aromatic heterocycles. The maximum Gasteiger partial charge on any atom is 0.129 e. The molecule has 0 amide bonds. The summed E-state index contributed by atoms with van der Waals surface area (Å²) in [4.78, 5) is 4.39. The van der Waals surface area contributed by atoms with E-state index < -0.39 is 0 Å². The van der Waals surface area contributed by atoms with Gasteiger partial charge in [0.1, 0.15) is 17.7 Å². The molecule has 0 aliphatic rings. The van der Waals surface area contributed by atoms with Crippen LogP contribution in [0.1, 0.15) is 11.4 Å². The molecule has 0 aliphatic heterocycles. The Bertz CT molecular complexity index is 882. The molecule has 0 bridgehead atoms. The van der Waals surface area contributed by atoms with Gasteiger partial charge in [-0.2, -0.15) is 5.26 Å². The van der Waals surface area contributed by atoms with Gasteiger partial charge in [0.05, 0.1) is 28.2 Å². The van der Waals surface area contributed by atoms with Crippen molar-refractivity contribution in [2.75, 3.05) is 0 Å². The third-order valence-electron chi connectivity index (χ3n) is 3.13. The minimum absolute atomic E-state index is 0.160. The van der Waals surface area contributed by atoms with Crippen LogP contribution < -0.4 is 0 Å². The molecule has 6 heteroatoms. The van der Waals surface area contributed by atoms with Crippen LogP contribution in [0.2, 0.25) is 0 Å². The van der Waals surface area contributed by atoms with E-state index in [1.165, 1.54) is 12.1 Å². The summed E-state index contributed by atoms with van der Waals surface area (Å²) in [5.41, 5.74) is 2.31. The van der Waals surface area contributed by atoms with E-state index in [2.05, 4.69) is 27.0 Å². The number of benzene rings is 2. The molecule has 1 heterocycles. The first-order valence-electron chi connectivity index (χ1n) is 6.07. The van der Waals surface area contributed by atoms with Crippen LogP contribution in [-0.4, -0.2) is 9.55 Å². The Morgan fingerprint density at radius 3 is 2.81 bits per heavy atom. The Kier molecular flexibility index (Phi) is 3.66. The van der Waals surface area contributed by atoms with Crippen molar-refractivity contribution in [3.63, 3.8) is 0 Å². The molecule has 104 valence electrons. The Morgan fingerprint density at radius 2 is 2.10 bits per heavy atom. The van der Waals surface area contributed by atoms with Crippen LogP contribution in [0.5, 0.6) is 0 Å². The summed E-state index contributed by atoms with van der Waals surface area (Å²) >= 11 is 9.34. The Balaban J connectivity index is 2.41. The maximum absolute atomic E-state index is 13.6. The second-order valence-electron chi connectivity index (χ2n) is 4.40. The molecule has 0 spiro atoms. The lowest BCUT2D eigenvalue weighted by Crippen LogP contribution is -2.02. The summed E-state index contributed by atoms with van der Waals surface area (Å²) in [7, 11) is 0. The zero-order valence-corrected chi connectivity index (χ0v) is 13.0. The lowest BCUT2D eigenvalue weighted by molar-refractivity contribution is 0.629. The molecule has 3 nitrogen and oxygen atoms in total. The van der Waals surface area contributed by atoms with Crippen LogP contribution in [0.3, 0.4) is 0 Å². The third-order valence-corrected chi connectivity index (χ3v) is 3.86. The van der Waals surface area contributed by atoms with Crippen molar-refractivity contribution < 1.29 is 4.39 Å². The van der Waals surface area contributed by atoms with Gasteiger partial charge in [-0.1, -0.05) is 15.9 Å². The Labute approximate surface area is 133 Å². The second-order valence-corrected chi connectivity index (χ2v) is 5.59. The highest BCUT2D eigenvalue weighted by molar-refractivity contribution is 9.10. The molecule has 2 aromatic carbocycles. The number of alkyl halides is 1. The van der Waals surface area contributed by atoms with Gasteiger partial charge >= 0.3 is 0 Å². The largest absolute Gasteiger partial charge is 0.294 e. The van der Waals surface area contributed by atoms with Gasteiger partial charge in [0.15, 0.2) is 0 Å². The summed E-state index contributed by atoms with van der Waals surface area (Å²) in [5.74, 6) is 0.360. The van der Waals surface area contributed by atoms with E-state index in [4.69, 9.17) is 11.6 Å². The lowest BCUT2D eigenvalue weighted by atomic mass is 10.2. The fourth-order valence-corrected chi connectivity index (χ4v) is 2.77. The van der Waals surface area contributed by atoms with E-state index >= 15 is 0 Å². The zero-order chi connectivity index (χ0) is 15.0. The van der Waals surface area contributed by atoms with Gasteiger partial charge in [-0.25, -0.2) is 9.37 Å².